The summed E-state index contributed by atoms with van der Waals surface area (Å²) < 4.78 is 0. The van der Waals surface area contributed by atoms with E-state index in [0.717, 1.165) is 19.3 Å². The standard InChI is InChI=1S/C13H24BrNO/c1-5-13(8-6-7-9-13)11(16)15-12(3,4)10(2)14/h10H,5-9H2,1-4H3,(H,15,16). The lowest BCUT2D eigenvalue weighted by Gasteiger charge is -2.35. The first-order valence-electron chi connectivity index (χ1n) is 6.31. The molecule has 1 N–H and O–H groups in total. The maximum Gasteiger partial charge on any atom is 0.226 e. The van der Waals surface area contributed by atoms with E-state index >= 15 is 0 Å². The zero-order valence-electron chi connectivity index (χ0n) is 10.9. The van der Waals surface area contributed by atoms with Crippen LogP contribution in [0.15, 0.2) is 0 Å². The Balaban J connectivity index is 2.70. The van der Waals surface area contributed by atoms with Crippen LogP contribution in [0.25, 0.3) is 0 Å². The number of hydrogen-bond donors (Lipinski definition) is 1. The summed E-state index contributed by atoms with van der Waals surface area (Å²) in [6.07, 6.45) is 5.48. The van der Waals surface area contributed by atoms with Crippen molar-refractivity contribution >= 4 is 21.8 Å². The van der Waals surface area contributed by atoms with E-state index in [1.54, 1.807) is 0 Å². The Labute approximate surface area is 108 Å². The van der Waals surface area contributed by atoms with Crippen molar-refractivity contribution in [1.82, 2.24) is 5.32 Å². The van der Waals surface area contributed by atoms with Crippen LogP contribution in [0.1, 0.15) is 59.8 Å². The van der Waals surface area contributed by atoms with Gasteiger partial charge in [0.25, 0.3) is 0 Å². The third-order valence-corrected chi connectivity index (χ3v) is 5.29. The maximum atomic E-state index is 12.4. The van der Waals surface area contributed by atoms with Crippen LogP contribution in [0.4, 0.5) is 0 Å². The van der Waals surface area contributed by atoms with E-state index in [4.69, 9.17) is 0 Å². The number of rotatable bonds is 4. The van der Waals surface area contributed by atoms with E-state index in [1.165, 1.54) is 12.8 Å². The Morgan fingerprint density at radius 2 is 1.94 bits per heavy atom. The van der Waals surface area contributed by atoms with Crippen LogP contribution < -0.4 is 5.32 Å². The Kier molecular flexibility index (Phi) is 4.44. The largest absolute Gasteiger partial charge is 0.350 e. The summed E-state index contributed by atoms with van der Waals surface area (Å²) >= 11 is 3.56. The summed E-state index contributed by atoms with van der Waals surface area (Å²) in [4.78, 5) is 12.7. The van der Waals surface area contributed by atoms with E-state index < -0.39 is 0 Å². The number of halogens is 1. The monoisotopic (exact) mass is 289 g/mol. The second-order valence-corrected chi connectivity index (χ2v) is 7.01. The van der Waals surface area contributed by atoms with Gasteiger partial charge in [-0.25, -0.2) is 0 Å². The van der Waals surface area contributed by atoms with E-state index in [9.17, 15) is 4.79 Å². The first-order valence-corrected chi connectivity index (χ1v) is 7.22. The van der Waals surface area contributed by atoms with E-state index in [1.807, 2.05) is 0 Å². The molecule has 0 bridgehead atoms. The molecule has 3 heteroatoms. The summed E-state index contributed by atoms with van der Waals surface area (Å²) in [5.41, 5.74) is -0.263. The predicted molar refractivity (Wildman–Crippen MR) is 71.8 cm³/mol. The molecule has 94 valence electrons. The molecular formula is C13H24BrNO. The molecule has 1 aliphatic carbocycles. The second-order valence-electron chi connectivity index (χ2n) is 5.63. The molecule has 16 heavy (non-hydrogen) atoms. The Hall–Kier alpha value is -0.0500. The molecule has 0 aromatic rings. The molecule has 0 saturated heterocycles. The molecule has 1 rings (SSSR count). The number of amides is 1. The van der Waals surface area contributed by atoms with Crippen molar-refractivity contribution in [3.05, 3.63) is 0 Å². The first-order chi connectivity index (χ1) is 7.34. The molecule has 2 nitrogen and oxygen atoms in total. The summed E-state index contributed by atoms with van der Waals surface area (Å²) in [5, 5.41) is 3.20. The molecule has 0 aromatic heterocycles. The number of alkyl halides is 1. The van der Waals surface area contributed by atoms with Crippen LogP contribution in [-0.4, -0.2) is 16.3 Å². The minimum absolute atomic E-state index is 0.0842. The van der Waals surface area contributed by atoms with Crippen molar-refractivity contribution in [3.8, 4) is 0 Å². The van der Waals surface area contributed by atoms with Crippen molar-refractivity contribution in [2.75, 3.05) is 0 Å². The Morgan fingerprint density at radius 1 is 1.44 bits per heavy atom. The fourth-order valence-corrected chi connectivity index (χ4v) is 2.43. The number of hydrogen-bond acceptors (Lipinski definition) is 1. The average Bonchev–Trinajstić information content (AvgIpc) is 2.66. The van der Waals surface area contributed by atoms with Crippen molar-refractivity contribution in [2.24, 2.45) is 5.41 Å². The van der Waals surface area contributed by atoms with Crippen LogP contribution in [0.2, 0.25) is 0 Å². The molecule has 1 saturated carbocycles. The topological polar surface area (TPSA) is 29.1 Å². The molecule has 0 aliphatic heterocycles. The van der Waals surface area contributed by atoms with Gasteiger partial charge in [0.2, 0.25) is 5.91 Å². The molecule has 1 unspecified atom stereocenters. The fourth-order valence-electron chi connectivity index (χ4n) is 2.32. The van der Waals surface area contributed by atoms with Gasteiger partial charge < -0.3 is 5.32 Å². The van der Waals surface area contributed by atoms with Gasteiger partial charge in [-0.15, -0.1) is 0 Å². The third kappa shape index (κ3) is 2.79. The summed E-state index contributed by atoms with van der Waals surface area (Å²) in [6.45, 7) is 8.36. The van der Waals surface area contributed by atoms with Gasteiger partial charge in [-0.1, -0.05) is 42.6 Å². The van der Waals surface area contributed by atoms with Gasteiger partial charge in [0.05, 0.1) is 0 Å². The smallest absolute Gasteiger partial charge is 0.226 e. The fraction of sp³-hybridized carbons (Fsp3) is 0.923. The average molecular weight is 290 g/mol. The Bertz CT molecular complexity index is 255. The SMILES string of the molecule is CCC1(C(=O)NC(C)(C)C(C)Br)CCCC1. The van der Waals surface area contributed by atoms with Crippen LogP contribution in [-0.2, 0) is 4.79 Å². The van der Waals surface area contributed by atoms with Crippen LogP contribution in [0, 0.1) is 5.41 Å². The lowest BCUT2D eigenvalue weighted by Crippen LogP contribution is -2.53. The minimum Gasteiger partial charge on any atom is -0.350 e. The highest BCUT2D eigenvalue weighted by atomic mass is 79.9. The van der Waals surface area contributed by atoms with Crippen molar-refractivity contribution in [3.63, 3.8) is 0 Å². The molecule has 1 aliphatic rings. The molecule has 1 fully saturated rings. The lowest BCUT2D eigenvalue weighted by atomic mass is 9.81. The van der Waals surface area contributed by atoms with Gasteiger partial charge in [0.1, 0.15) is 0 Å². The highest BCUT2D eigenvalue weighted by molar-refractivity contribution is 9.09. The lowest BCUT2D eigenvalue weighted by molar-refractivity contribution is -0.132. The summed E-state index contributed by atoms with van der Waals surface area (Å²) in [5.74, 6) is 0.254. The van der Waals surface area contributed by atoms with Gasteiger partial charge in [0.15, 0.2) is 0 Å². The zero-order chi connectivity index (χ0) is 12.4. The van der Waals surface area contributed by atoms with Gasteiger partial charge >= 0.3 is 0 Å². The van der Waals surface area contributed by atoms with Crippen LogP contribution >= 0.6 is 15.9 Å². The number of nitrogens with one attached hydrogen (secondary N) is 1. The van der Waals surface area contributed by atoms with Crippen molar-refractivity contribution in [2.45, 2.75) is 70.2 Å². The van der Waals surface area contributed by atoms with Gasteiger partial charge in [-0.2, -0.15) is 0 Å². The van der Waals surface area contributed by atoms with Crippen LogP contribution in [0.5, 0.6) is 0 Å². The molecule has 0 spiro atoms. The number of carbonyl (C=O) groups is 1. The highest BCUT2D eigenvalue weighted by Crippen LogP contribution is 2.41. The molecule has 0 radical (unpaired) electrons. The minimum atomic E-state index is -0.179. The maximum absolute atomic E-state index is 12.4. The molecule has 0 heterocycles. The zero-order valence-corrected chi connectivity index (χ0v) is 12.5. The Morgan fingerprint density at radius 3 is 2.31 bits per heavy atom. The van der Waals surface area contributed by atoms with Crippen molar-refractivity contribution in [1.29, 1.82) is 0 Å². The van der Waals surface area contributed by atoms with Gasteiger partial charge in [0, 0.05) is 15.8 Å². The molecule has 1 amide bonds. The van der Waals surface area contributed by atoms with E-state index in [0.29, 0.717) is 0 Å². The second kappa shape index (κ2) is 5.07. The first kappa shape index (κ1) is 14.0. The molecular weight excluding hydrogens is 266 g/mol. The summed E-state index contributed by atoms with van der Waals surface area (Å²) in [7, 11) is 0. The van der Waals surface area contributed by atoms with Gasteiger partial charge in [-0.05, 0) is 33.1 Å². The van der Waals surface area contributed by atoms with E-state index in [2.05, 4.69) is 48.9 Å². The molecule has 1 atom stereocenters. The van der Waals surface area contributed by atoms with Crippen LogP contribution in [0.3, 0.4) is 0 Å². The summed E-state index contributed by atoms with van der Waals surface area (Å²) in [6, 6.07) is 0. The highest BCUT2D eigenvalue weighted by Gasteiger charge is 2.41. The van der Waals surface area contributed by atoms with Crippen molar-refractivity contribution < 1.29 is 4.79 Å². The third-order valence-electron chi connectivity index (χ3n) is 4.15. The molecule has 0 aromatic carbocycles. The van der Waals surface area contributed by atoms with Gasteiger partial charge in [-0.3, -0.25) is 4.79 Å². The quantitative estimate of drug-likeness (QED) is 0.787. The normalized spacial score (nSPS) is 21.8. The number of carbonyl (C=O) groups excluding carboxylic acids is 1. The predicted octanol–water partition coefficient (Wildman–Crippen LogP) is 3.64. The van der Waals surface area contributed by atoms with E-state index in [-0.39, 0.29) is 21.7 Å².